The van der Waals surface area contributed by atoms with E-state index in [0.717, 1.165) is 23.3 Å². The van der Waals surface area contributed by atoms with E-state index in [1.165, 1.54) is 14.2 Å². The number of thiophene rings is 1. The first-order valence-electron chi connectivity index (χ1n) is 12.5. The van der Waals surface area contributed by atoms with Gasteiger partial charge in [0.2, 0.25) is 5.91 Å². The van der Waals surface area contributed by atoms with Crippen molar-refractivity contribution in [3.8, 4) is 23.0 Å². The highest BCUT2D eigenvalue weighted by atomic mass is 32.1. The summed E-state index contributed by atoms with van der Waals surface area (Å²) in [4.78, 5) is 32.0. The predicted molar refractivity (Wildman–Crippen MR) is 147 cm³/mol. The molecular formula is C29H34N2O6S. The Balaban J connectivity index is 1.54. The summed E-state index contributed by atoms with van der Waals surface area (Å²) in [6.45, 7) is 0.966. The fourth-order valence-electron chi connectivity index (χ4n) is 4.39. The Bertz CT molecular complexity index is 1220. The van der Waals surface area contributed by atoms with Gasteiger partial charge in [0.25, 0.3) is 5.91 Å². The lowest BCUT2D eigenvalue weighted by molar-refractivity contribution is -0.132. The molecule has 4 rings (SSSR count). The highest BCUT2D eigenvalue weighted by Crippen LogP contribution is 2.34. The lowest BCUT2D eigenvalue weighted by atomic mass is 10.1. The molecule has 1 saturated carbocycles. The smallest absolute Gasteiger partial charge is 0.262 e. The minimum Gasteiger partial charge on any atom is -0.496 e. The number of hydrogen-bond acceptors (Lipinski definition) is 7. The van der Waals surface area contributed by atoms with Crippen LogP contribution < -0.4 is 18.9 Å². The maximum Gasteiger partial charge on any atom is 0.262 e. The summed E-state index contributed by atoms with van der Waals surface area (Å²) in [6.07, 6.45) is 2.37. The topological polar surface area (TPSA) is 77.5 Å². The third-order valence-corrected chi connectivity index (χ3v) is 7.45. The third-order valence-electron chi connectivity index (χ3n) is 6.59. The SMILES string of the molecule is COc1ccc(CCN(Cc2cccs2)C(=O)CN(C(=O)c2c(OC)cccc2OC)C2CC2)cc1OC. The standard InChI is InChI=1S/C29H34N2O6S/c1-34-23-13-10-20(17-26(23)37-4)14-15-30(18-22-7-6-16-38-22)27(32)19-31(21-11-12-21)29(33)28-24(35-2)8-5-9-25(28)36-3/h5-10,13,16-17,21H,11-12,14-15,18-19H2,1-4H3. The molecule has 1 aliphatic rings. The lowest BCUT2D eigenvalue weighted by Gasteiger charge is -2.28. The van der Waals surface area contributed by atoms with E-state index in [9.17, 15) is 9.59 Å². The van der Waals surface area contributed by atoms with Crippen LogP contribution in [0.1, 0.15) is 33.6 Å². The second-order valence-electron chi connectivity index (χ2n) is 9.04. The zero-order valence-electron chi connectivity index (χ0n) is 22.3. The minimum atomic E-state index is -0.258. The number of ether oxygens (including phenoxy) is 4. The van der Waals surface area contributed by atoms with Crippen LogP contribution in [-0.2, 0) is 17.8 Å². The zero-order chi connectivity index (χ0) is 27.1. The number of amides is 2. The molecule has 202 valence electrons. The Hall–Kier alpha value is -3.72. The summed E-state index contributed by atoms with van der Waals surface area (Å²) >= 11 is 1.61. The number of rotatable bonds is 13. The molecule has 3 aromatic rings. The van der Waals surface area contributed by atoms with Crippen LogP contribution >= 0.6 is 11.3 Å². The van der Waals surface area contributed by atoms with Crippen molar-refractivity contribution in [2.45, 2.75) is 31.8 Å². The highest BCUT2D eigenvalue weighted by Gasteiger charge is 2.37. The van der Waals surface area contributed by atoms with Crippen molar-refractivity contribution in [3.05, 3.63) is 69.9 Å². The third kappa shape index (κ3) is 6.39. The molecule has 38 heavy (non-hydrogen) atoms. The maximum absolute atomic E-state index is 13.7. The summed E-state index contributed by atoms with van der Waals surface area (Å²) < 4.78 is 21.7. The average molecular weight is 539 g/mol. The number of nitrogens with zero attached hydrogens (tertiary/aromatic N) is 2. The highest BCUT2D eigenvalue weighted by molar-refractivity contribution is 7.09. The molecule has 9 heteroatoms. The van der Waals surface area contributed by atoms with E-state index in [0.29, 0.717) is 48.1 Å². The monoisotopic (exact) mass is 538 g/mol. The first kappa shape index (κ1) is 27.3. The minimum absolute atomic E-state index is 0.0119. The van der Waals surface area contributed by atoms with Gasteiger partial charge in [-0.25, -0.2) is 0 Å². The number of benzene rings is 2. The van der Waals surface area contributed by atoms with Gasteiger partial charge in [0, 0.05) is 17.5 Å². The molecule has 1 fully saturated rings. The number of methoxy groups -OCH3 is 4. The van der Waals surface area contributed by atoms with E-state index < -0.39 is 0 Å². The predicted octanol–water partition coefficient (Wildman–Crippen LogP) is 4.66. The first-order chi connectivity index (χ1) is 18.5. The molecule has 0 N–H and O–H groups in total. The molecule has 2 amide bonds. The van der Waals surface area contributed by atoms with Gasteiger partial charge < -0.3 is 28.7 Å². The molecule has 1 aliphatic carbocycles. The lowest BCUT2D eigenvalue weighted by Crippen LogP contribution is -2.44. The molecule has 2 aromatic carbocycles. The molecule has 0 atom stereocenters. The van der Waals surface area contributed by atoms with Crippen molar-refractivity contribution in [2.24, 2.45) is 0 Å². The fourth-order valence-corrected chi connectivity index (χ4v) is 5.11. The van der Waals surface area contributed by atoms with Crippen LogP contribution in [0.3, 0.4) is 0 Å². The number of hydrogen-bond donors (Lipinski definition) is 0. The Morgan fingerprint density at radius 3 is 2.13 bits per heavy atom. The Labute approximate surface area is 227 Å². The molecule has 0 aliphatic heterocycles. The van der Waals surface area contributed by atoms with E-state index in [-0.39, 0.29) is 24.4 Å². The van der Waals surface area contributed by atoms with Crippen molar-refractivity contribution in [2.75, 3.05) is 41.5 Å². The summed E-state index contributed by atoms with van der Waals surface area (Å²) in [5.74, 6) is 1.80. The van der Waals surface area contributed by atoms with Gasteiger partial charge in [-0.05, 0) is 60.5 Å². The Morgan fingerprint density at radius 1 is 0.868 bits per heavy atom. The quantitative estimate of drug-likeness (QED) is 0.315. The second-order valence-corrected chi connectivity index (χ2v) is 10.1. The van der Waals surface area contributed by atoms with Gasteiger partial charge in [-0.3, -0.25) is 9.59 Å². The van der Waals surface area contributed by atoms with Crippen LogP contribution in [0.5, 0.6) is 23.0 Å². The van der Waals surface area contributed by atoms with Gasteiger partial charge in [-0.2, -0.15) is 0 Å². The van der Waals surface area contributed by atoms with Crippen molar-refractivity contribution < 1.29 is 28.5 Å². The van der Waals surface area contributed by atoms with Gasteiger partial charge in [0.15, 0.2) is 11.5 Å². The first-order valence-corrected chi connectivity index (χ1v) is 13.4. The Kier molecular flexibility index (Phi) is 9.12. The summed E-state index contributed by atoms with van der Waals surface area (Å²) in [7, 11) is 6.26. The molecule has 0 saturated heterocycles. The van der Waals surface area contributed by atoms with Crippen LogP contribution in [0, 0.1) is 0 Å². The van der Waals surface area contributed by atoms with E-state index in [1.807, 2.05) is 40.6 Å². The Morgan fingerprint density at radius 2 is 1.55 bits per heavy atom. The van der Waals surface area contributed by atoms with Crippen molar-refractivity contribution in [1.82, 2.24) is 9.80 Å². The molecule has 0 spiro atoms. The van der Waals surface area contributed by atoms with Crippen molar-refractivity contribution >= 4 is 23.2 Å². The summed E-state index contributed by atoms with van der Waals surface area (Å²) in [5, 5.41) is 2.00. The number of carbonyl (C=O) groups is 2. The molecular weight excluding hydrogens is 504 g/mol. The molecule has 1 heterocycles. The summed E-state index contributed by atoms with van der Waals surface area (Å²) in [5.41, 5.74) is 1.37. The van der Waals surface area contributed by atoms with Crippen LogP contribution in [0.25, 0.3) is 0 Å². The molecule has 0 unspecified atom stereocenters. The van der Waals surface area contributed by atoms with E-state index in [2.05, 4.69) is 0 Å². The molecule has 8 nitrogen and oxygen atoms in total. The van der Waals surface area contributed by atoms with Crippen molar-refractivity contribution in [3.63, 3.8) is 0 Å². The average Bonchev–Trinajstić information content (AvgIpc) is 3.67. The zero-order valence-corrected chi connectivity index (χ0v) is 23.1. The van der Waals surface area contributed by atoms with E-state index in [1.54, 1.807) is 48.7 Å². The molecule has 0 bridgehead atoms. The van der Waals surface area contributed by atoms with Crippen LogP contribution in [0.4, 0.5) is 0 Å². The fraction of sp³-hybridized carbons (Fsp3) is 0.379. The molecule has 0 radical (unpaired) electrons. The van der Waals surface area contributed by atoms with Crippen molar-refractivity contribution in [1.29, 1.82) is 0 Å². The van der Waals surface area contributed by atoms with Gasteiger partial charge in [0.05, 0.1) is 35.0 Å². The normalized spacial score (nSPS) is 12.5. The maximum atomic E-state index is 13.7. The molecule has 1 aromatic heterocycles. The van der Waals surface area contributed by atoms with Gasteiger partial charge in [-0.15, -0.1) is 11.3 Å². The number of carbonyl (C=O) groups excluding carboxylic acids is 2. The largest absolute Gasteiger partial charge is 0.496 e. The van der Waals surface area contributed by atoms with Gasteiger partial charge in [0.1, 0.15) is 23.6 Å². The van der Waals surface area contributed by atoms with Crippen LogP contribution in [0.2, 0.25) is 0 Å². The van der Waals surface area contributed by atoms with Crippen LogP contribution in [0.15, 0.2) is 53.9 Å². The van der Waals surface area contributed by atoms with Gasteiger partial charge >= 0.3 is 0 Å². The van der Waals surface area contributed by atoms with Crippen LogP contribution in [-0.4, -0.2) is 69.2 Å². The van der Waals surface area contributed by atoms with Gasteiger partial charge in [-0.1, -0.05) is 18.2 Å². The van der Waals surface area contributed by atoms with E-state index >= 15 is 0 Å². The van der Waals surface area contributed by atoms with E-state index in [4.69, 9.17) is 18.9 Å². The second kappa shape index (κ2) is 12.7. The summed E-state index contributed by atoms with van der Waals surface area (Å²) in [6, 6.07) is 15.0.